The Morgan fingerprint density at radius 3 is 2.75 bits per heavy atom. The van der Waals surface area contributed by atoms with Gasteiger partial charge in [0.2, 0.25) is 0 Å². The zero-order chi connectivity index (χ0) is 16.4. The molecular weight excluding hydrogens is 306 g/mol. The number of rotatable bonds is 4. The fourth-order valence-electron chi connectivity index (χ4n) is 3.00. The largest absolute Gasteiger partial charge is 0.367 e. The minimum atomic E-state index is -0.135. The van der Waals surface area contributed by atoms with Crippen LogP contribution >= 0.6 is 0 Å². The maximum atomic E-state index is 12.2. The second-order valence-electron chi connectivity index (χ2n) is 5.90. The van der Waals surface area contributed by atoms with Gasteiger partial charge in [-0.3, -0.25) is 9.36 Å². The van der Waals surface area contributed by atoms with Crippen molar-refractivity contribution < 1.29 is 0 Å². The quantitative estimate of drug-likeness (QED) is 0.759. The molecule has 1 aliphatic rings. The Hall–Kier alpha value is -3.03. The predicted molar refractivity (Wildman–Crippen MR) is 88.9 cm³/mol. The first-order chi connectivity index (χ1) is 11.8. The van der Waals surface area contributed by atoms with E-state index < -0.39 is 0 Å². The first-order valence-electron chi connectivity index (χ1n) is 7.99. The standard InChI is InChI=1S/C16H17N7O/c24-15-8-5-11(16-19-21-22-20-16)10-23(15)13-6-7-14(17-9-13)18-12-3-1-2-4-12/h5-10,12H,1-4H2,(H,17,18)(H,19,20,21,22). The Bertz CT molecular complexity index is 864. The maximum absolute atomic E-state index is 12.2. The third kappa shape index (κ3) is 2.90. The smallest absolute Gasteiger partial charge is 0.255 e. The van der Waals surface area contributed by atoms with Crippen molar-refractivity contribution in [3.8, 4) is 17.1 Å². The molecule has 0 radical (unpaired) electrons. The fourth-order valence-corrected chi connectivity index (χ4v) is 3.00. The topological polar surface area (TPSA) is 101 Å². The van der Waals surface area contributed by atoms with Gasteiger partial charge in [-0.15, -0.1) is 5.10 Å². The molecule has 0 aliphatic heterocycles. The molecule has 8 nitrogen and oxygen atoms in total. The van der Waals surface area contributed by atoms with Gasteiger partial charge < -0.3 is 5.32 Å². The van der Waals surface area contributed by atoms with Crippen LogP contribution in [0.4, 0.5) is 5.82 Å². The van der Waals surface area contributed by atoms with E-state index in [0.29, 0.717) is 17.6 Å². The molecule has 1 aliphatic carbocycles. The highest BCUT2D eigenvalue weighted by Gasteiger charge is 2.15. The lowest BCUT2D eigenvalue weighted by molar-refractivity contribution is 0.750. The van der Waals surface area contributed by atoms with Crippen LogP contribution in [0, 0.1) is 0 Å². The highest BCUT2D eigenvalue weighted by molar-refractivity contribution is 5.53. The van der Waals surface area contributed by atoms with E-state index in [0.717, 1.165) is 11.4 Å². The Morgan fingerprint density at radius 1 is 1.17 bits per heavy atom. The van der Waals surface area contributed by atoms with Gasteiger partial charge in [0.15, 0.2) is 5.82 Å². The second-order valence-corrected chi connectivity index (χ2v) is 5.90. The van der Waals surface area contributed by atoms with Gasteiger partial charge in [0.1, 0.15) is 5.82 Å². The average Bonchev–Trinajstić information content (AvgIpc) is 3.30. The predicted octanol–water partition coefficient (Wildman–Crippen LogP) is 1.77. The van der Waals surface area contributed by atoms with E-state index in [1.165, 1.54) is 36.3 Å². The van der Waals surface area contributed by atoms with Crippen molar-refractivity contribution in [1.29, 1.82) is 0 Å². The lowest BCUT2D eigenvalue weighted by Crippen LogP contribution is -2.18. The number of hydrogen-bond acceptors (Lipinski definition) is 6. The van der Waals surface area contributed by atoms with Crippen molar-refractivity contribution in [2.75, 3.05) is 5.32 Å². The third-order valence-electron chi connectivity index (χ3n) is 4.26. The first-order valence-corrected chi connectivity index (χ1v) is 7.99. The molecule has 0 unspecified atom stereocenters. The van der Waals surface area contributed by atoms with Crippen LogP contribution in [-0.2, 0) is 0 Å². The molecule has 3 aromatic rings. The summed E-state index contributed by atoms with van der Waals surface area (Å²) in [7, 11) is 0. The average molecular weight is 323 g/mol. The number of aromatic amines is 1. The molecule has 8 heteroatoms. The number of hydrogen-bond donors (Lipinski definition) is 2. The number of H-pyrrole nitrogens is 1. The zero-order valence-corrected chi connectivity index (χ0v) is 13.0. The highest BCUT2D eigenvalue weighted by Crippen LogP contribution is 2.21. The molecule has 0 bridgehead atoms. The van der Waals surface area contributed by atoms with Crippen LogP contribution in [0.1, 0.15) is 25.7 Å². The second kappa shape index (κ2) is 6.23. The summed E-state index contributed by atoms with van der Waals surface area (Å²) in [6.07, 6.45) is 8.32. The monoisotopic (exact) mass is 323 g/mol. The number of pyridine rings is 2. The summed E-state index contributed by atoms with van der Waals surface area (Å²) >= 11 is 0. The van der Waals surface area contributed by atoms with Gasteiger partial charge in [-0.05, 0) is 41.5 Å². The van der Waals surface area contributed by atoms with Crippen molar-refractivity contribution in [3.05, 3.63) is 47.0 Å². The molecule has 3 aromatic heterocycles. The summed E-state index contributed by atoms with van der Waals surface area (Å²) in [6.45, 7) is 0. The number of aromatic nitrogens is 6. The van der Waals surface area contributed by atoms with Gasteiger partial charge in [0, 0.05) is 23.9 Å². The third-order valence-corrected chi connectivity index (χ3v) is 4.26. The molecule has 0 atom stereocenters. The minimum Gasteiger partial charge on any atom is -0.367 e. The molecule has 24 heavy (non-hydrogen) atoms. The lowest BCUT2D eigenvalue weighted by atomic mass is 10.2. The molecular formula is C16H17N7O. The Labute approximate surface area is 137 Å². The Morgan fingerprint density at radius 2 is 2.04 bits per heavy atom. The van der Waals surface area contributed by atoms with Gasteiger partial charge >= 0.3 is 0 Å². The van der Waals surface area contributed by atoms with Crippen LogP contribution in [-0.4, -0.2) is 36.2 Å². The number of anilines is 1. The normalized spacial score (nSPS) is 14.8. The van der Waals surface area contributed by atoms with Crippen LogP contribution in [0.2, 0.25) is 0 Å². The van der Waals surface area contributed by atoms with Crippen molar-refractivity contribution in [1.82, 2.24) is 30.2 Å². The zero-order valence-electron chi connectivity index (χ0n) is 13.0. The van der Waals surface area contributed by atoms with Crippen molar-refractivity contribution in [2.24, 2.45) is 0 Å². The highest BCUT2D eigenvalue weighted by atomic mass is 16.1. The van der Waals surface area contributed by atoms with Gasteiger partial charge in [-0.1, -0.05) is 12.8 Å². The molecule has 0 amide bonds. The SMILES string of the molecule is O=c1ccc(-c2nnn[nH]2)cn1-c1ccc(NC2CCCC2)nc1. The van der Waals surface area contributed by atoms with Gasteiger partial charge in [0.05, 0.1) is 11.9 Å². The maximum Gasteiger partial charge on any atom is 0.255 e. The molecule has 122 valence electrons. The summed E-state index contributed by atoms with van der Waals surface area (Å²) in [5.74, 6) is 1.35. The molecule has 3 heterocycles. The van der Waals surface area contributed by atoms with E-state index in [4.69, 9.17) is 0 Å². The molecule has 2 N–H and O–H groups in total. The summed E-state index contributed by atoms with van der Waals surface area (Å²) in [6, 6.07) is 7.47. The van der Waals surface area contributed by atoms with E-state index in [2.05, 4.69) is 30.9 Å². The van der Waals surface area contributed by atoms with E-state index in [-0.39, 0.29) is 5.56 Å². The molecule has 0 spiro atoms. The molecule has 1 saturated carbocycles. The molecule has 1 fully saturated rings. The molecule has 4 rings (SSSR count). The van der Waals surface area contributed by atoms with Crippen LogP contribution in [0.15, 0.2) is 41.5 Å². The van der Waals surface area contributed by atoms with Crippen molar-refractivity contribution >= 4 is 5.82 Å². The van der Waals surface area contributed by atoms with Crippen LogP contribution in [0.25, 0.3) is 17.1 Å². The fraction of sp³-hybridized carbons (Fsp3) is 0.312. The van der Waals surface area contributed by atoms with Gasteiger partial charge in [-0.25, -0.2) is 10.1 Å². The Kier molecular flexibility index (Phi) is 3.78. The van der Waals surface area contributed by atoms with E-state index in [9.17, 15) is 4.79 Å². The van der Waals surface area contributed by atoms with E-state index >= 15 is 0 Å². The van der Waals surface area contributed by atoms with E-state index in [1.807, 2.05) is 12.1 Å². The van der Waals surface area contributed by atoms with Crippen LogP contribution in [0.3, 0.4) is 0 Å². The van der Waals surface area contributed by atoms with Crippen molar-refractivity contribution in [2.45, 2.75) is 31.7 Å². The molecule has 0 saturated heterocycles. The lowest BCUT2D eigenvalue weighted by Gasteiger charge is -2.13. The molecule has 0 aromatic carbocycles. The van der Waals surface area contributed by atoms with Crippen LogP contribution < -0.4 is 10.9 Å². The number of tetrazole rings is 1. The Balaban J connectivity index is 1.61. The summed E-state index contributed by atoms with van der Waals surface area (Å²) < 4.78 is 1.53. The van der Waals surface area contributed by atoms with Gasteiger partial charge in [-0.2, -0.15) is 0 Å². The van der Waals surface area contributed by atoms with Gasteiger partial charge in [0.25, 0.3) is 5.56 Å². The first kappa shape index (κ1) is 14.6. The minimum absolute atomic E-state index is 0.135. The van der Waals surface area contributed by atoms with Crippen LogP contribution in [0.5, 0.6) is 0 Å². The number of nitrogens with one attached hydrogen (secondary N) is 2. The summed E-state index contributed by atoms with van der Waals surface area (Å²) in [5, 5.41) is 17.1. The van der Waals surface area contributed by atoms with E-state index in [1.54, 1.807) is 18.5 Å². The van der Waals surface area contributed by atoms with Crippen molar-refractivity contribution in [3.63, 3.8) is 0 Å². The summed E-state index contributed by atoms with van der Waals surface area (Å²) in [5.41, 5.74) is 1.29. The summed E-state index contributed by atoms with van der Waals surface area (Å²) in [4.78, 5) is 16.6. The number of nitrogens with zero attached hydrogens (tertiary/aromatic N) is 5.